The van der Waals surface area contributed by atoms with Crippen LogP contribution in [0.2, 0.25) is 0 Å². The molecule has 0 aliphatic carbocycles. The third-order valence-corrected chi connectivity index (χ3v) is 0.648. The summed E-state index contributed by atoms with van der Waals surface area (Å²) in [6, 6.07) is 0. The summed E-state index contributed by atoms with van der Waals surface area (Å²) in [5.74, 6) is 0. The molecule has 84 valence electrons. The van der Waals surface area contributed by atoms with E-state index >= 15 is 0 Å². The zero-order valence-electron chi connectivity index (χ0n) is 6.79. The number of carbonyl (C=O) groups is 1. The average molecular weight is 220 g/mol. The van der Waals surface area contributed by atoms with Crippen LogP contribution < -0.4 is 0 Å². The molecule has 0 heterocycles. The molecule has 0 fully saturated rings. The van der Waals surface area contributed by atoms with E-state index in [1.165, 1.54) is 0 Å². The quantitative estimate of drug-likeness (QED) is 0.563. The van der Waals surface area contributed by atoms with Gasteiger partial charge in [-0.15, -0.1) is 6.58 Å². The third kappa shape index (κ3) is 10.7. The van der Waals surface area contributed by atoms with Gasteiger partial charge >= 0.3 is 18.7 Å². The Morgan fingerprint density at radius 2 is 1.86 bits per heavy atom. The minimum Gasteiger partial charge on any atom is -0.450 e. The van der Waals surface area contributed by atoms with Gasteiger partial charge in [0.05, 0.1) is 6.61 Å². The Morgan fingerprint density at radius 1 is 1.50 bits per heavy atom. The minimum absolute atomic E-state index is 0.586. The third-order valence-electron chi connectivity index (χ3n) is 0.648. The molecule has 0 radical (unpaired) electrons. The normalized spacial score (nSPS) is 10.4. The van der Waals surface area contributed by atoms with Crippen molar-refractivity contribution in [3.05, 3.63) is 12.7 Å². The zero-order chi connectivity index (χ0) is 11.8. The lowest BCUT2D eigenvalue weighted by molar-refractivity contribution is -0.295. The maximum atomic E-state index is 11.7. The first kappa shape index (κ1) is 15.2. The molecule has 0 aliphatic rings. The van der Waals surface area contributed by atoms with E-state index in [1.807, 2.05) is 0 Å². The van der Waals surface area contributed by atoms with Crippen LogP contribution in [0.4, 0.5) is 22.4 Å². The molecule has 8 heteroatoms. The highest BCUT2D eigenvalue weighted by atomic mass is 19.3. The van der Waals surface area contributed by atoms with E-state index in [2.05, 4.69) is 11.3 Å². The molecule has 14 heavy (non-hydrogen) atoms. The number of ether oxygens (including phenoxy) is 1. The van der Waals surface area contributed by atoms with Gasteiger partial charge in [-0.1, -0.05) is 6.08 Å². The number of carboxylic acid groups (broad SMARTS) is 2. The second-order valence-corrected chi connectivity index (χ2v) is 1.74. The first-order valence-electron chi connectivity index (χ1n) is 3.06. The molecular formula is C6H8F4O4. The molecule has 0 bridgehead atoms. The standard InChI is InChI=1S/C5H6F4O.CH2O3/c1-2-3-10-5(8,9)4(6)7;2-1(3)4/h2,4H,1,3H2;(H2,2,3,4). The fraction of sp³-hybridized carbons (Fsp3) is 0.500. The van der Waals surface area contributed by atoms with Crippen molar-refractivity contribution in [3.8, 4) is 0 Å². The molecule has 0 saturated carbocycles. The number of halogens is 4. The highest BCUT2D eigenvalue weighted by Gasteiger charge is 2.41. The molecule has 4 nitrogen and oxygen atoms in total. The summed E-state index contributed by atoms with van der Waals surface area (Å²) >= 11 is 0. The van der Waals surface area contributed by atoms with E-state index in [-0.39, 0.29) is 0 Å². The molecule has 0 rings (SSSR count). The van der Waals surface area contributed by atoms with Gasteiger partial charge in [0.2, 0.25) is 0 Å². The van der Waals surface area contributed by atoms with Crippen molar-refractivity contribution in [1.29, 1.82) is 0 Å². The Balaban J connectivity index is 0. The van der Waals surface area contributed by atoms with E-state index < -0.39 is 25.3 Å². The molecule has 0 unspecified atom stereocenters. The van der Waals surface area contributed by atoms with Crippen LogP contribution in [-0.4, -0.2) is 35.5 Å². The van der Waals surface area contributed by atoms with Crippen LogP contribution in [-0.2, 0) is 4.74 Å². The molecule has 0 amide bonds. The fourth-order valence-electron chi connectivity index (χ4n) is 0.233. The second-order valence-electron chi connectivity index (χ2n) is 1.74. The highest BCUT2D eigenvalue weighted by molar-refractivity contribution is 5.53. The van der Waals surface area contributed by atoms with Crippen LogP contribution in [0, 0.1) is 0 Å². The van der Waals surface area contributed by atoms with Gasteiger partial charge in [-0.25, -0.2) is 13.6 Å². The Bertz CT molecular complexity index is 179. The topological polar surface area (TPSA) is 66.8 Å². The summed E-state index contributed by atoms with van der Waals surface area (Å²) in [4.78, 5) is 8.56. The van der Waals surface area contributed by atoms with Gasteiger partial charge in [0.15, 0.2) is 0 Å². The van der Waals surface area contributed by atoms with Crippen LogP contribution in [0.25, 0.3) is 0 Å². The predicted octanol–water partition coefficient (Wildman–Crippen LogP) is 2.27. The van der Waals surface area contributed by atoms with Gasteiger partial charge in [0, 0.05) is 0 Å². The van der Waals surface area contributed by atoms with Crippen LogP contribution in [0.15, 0.2) is 12.7 Å². The molecule has 2 N–H and O–H groups in total. The maximum absolute atomic E-state index is 11.7. The van der Waals surface area contributed by atoms with E-state index in [1.54, 1.807) is 0 Å². The molecule has 0 atom stereocenters. The molecule has 0 aliphatic heterocycles. The largest absolute Gasteiger partial charge is 0.503 e. The van der Waals surface area contributed by atoms with Gasteiger partial charge in [-0.3, -0.25) is 0 Å². The van der Waals surface area contributed by atoms with Crippen molar-refractivity contribution >= 4 is 6.16 Å². The maximum Gasteiger partial charge on any atom is 0.503 e. The fourth-order valence-corrected chi connectivity index (χ4v) is 0.233. The van der Waals surface area contributed by atoms with Gasteiger partial charge in [-0.2, -0.15) is 8.78 Å². The lowest BCUT2D eigenvalue weighted by atomic mass is 10.6. The Labute approximate surface area is 76.4 Å². The first-order valence-corrected chi connectivity index (χ1v) is 3.06. The SMILES string of the molecule is C=CCOC(F)(F)C(F)F.O=C(O)O. The van der Waals surface area contributed by atoms with Crippen LogP contribution >= 0.6 is 0 Å². The van der Waals surface area contributed by atoms with Gasteiger partial charge in [-0.05, 0) is 0 Å². The number of hydrogen-bond acceptors (Lipinski definition) is 2. The molecule has 0 aromatic rings. The van der Waals surface area contributed by atoms with E-state index in [0.717, 1.165) is 6.08 Å². The van der Waals surface area contributed by atoms with Crippen LogP contribution in [0.3, 0.4) is 0 Å². The van der Waals surface area contributed by atoms with Crippen molar-refractivity contribution in [2.45, 2.75) is 12.5 Å². The van der Waals surface area contributed by atoms with Gasteiger partial charge in [0.1, 0.15) is 0 Å². The summed E-state index contributed by atoms with van der Waals surface area (Å²) in [5, 5.41) is 13.9. The van der Waals surface area contributed by atoms with Crippen molar-refractivity contribution < 1.29 is 37.3 Å². The molecular weight excluding hydrogens is 212 g/mol. The first-order chi connectivity index (χ1) is 6.24. The smallest absolute Gasteiger partial charge is 0.450 e. The summed E-state index contributed by atoms with van der Waals surface area (Å²) in [5.41, 5.74) is 0. The predicted molar refractivity (Wildman–Crippen MR) is 37.8 cm³/mol. The summed E-state index contributed by atoms with van der Waals surface area (Å²) in [7, 11) is 0. The average Bonchev–Trinajstić information content (AvgIpc) is 1.99. The molecule has 0 saturated heterocycles. The van der Waals surface area contributed by atoms with Crippen LogP contribution in [0.5, 0.6) is 0 Å². The molecule has 0 aromatic carbocycles. The summed E-state index contributed by atoms with van der Waals surface area (Å²) in [6.45, 7) is 2.43. The Kier molecular flexibility index (Phi) is 7.73. The Morgan fingerprint density at radius 3 is 2.07 bits per heavy atom. The summed E-state index contributed by atoms with van der Waals surface area (Å²) in [6.07, 6.45) is -9.00. The molecule has 0 aromatic heterocycles. The van der Waals surface area contributed by atoms with E-state index in [4.69, 9.17) is 15.0 Å². The number of hydrogen-bond donors (Lipinski definition) is 2. The lowest BCUT2D eigenvalue weighted by Gasteiger charge is -2.13. The number of rotatable bonds is 4. The highest BCUT2D eigenvalue weighted by Crippen LogP contribution is 2.23. The monoisotopic (exact) mass is 220 g/mol. The van der Waals surface area contributed by atoms with Gasteiger partial charge in [0.25, 0.3) is 0 Å². The summed E-state index contributed by atoms with van der Waals surface area (Å²) < 4.78 is 49.3. The second kappa shape index (κ2) is 7.13. The molecule has 0 spiro atoms. The van der Waals surface area contributed by atoms with E-state index in [9.17, 15) is 17.6 Å². The Hall–Kier alpha value is -1.31. The van der Waals surface area contributed by atoms with Crippen molar-refractivity contribution in [3.63, 3.8) is 0 Å². The zero-order valence-corrected chi connectivity index (χ0v) is 6.79. The van der Waals surface area contributed by atoms with Crippen molar-refractivity contribution in [2.75, 3.05) is 6.61 Å². The minimum atomic E-state index is -4.35. The van der Waals surface area contributed by atoms with E-state index in [0.29, 0.717) is 0 Å². The lowest BCUT2D eigenvalue weighted by Crippen LogP contribution is -2.30. The van der Waals surface area contributed by atoms with Crippen molar-refractivity contribution in [2.24, 2.45) is 0 Å². The van der Waals surface area contributed by atoms with Crippen LogP contribution in [0.1, 0.15) is 0 Å². The van der Waals surface area contributed by atoms with Gasteiger partial charge < -0.3 is 14.9 Å². The number of alkyl halides is 4. The van der Waals surface area contributed by atoms with Crippen molar-refractivity contribution in [1.82, 2.24) is 0 Å².